The van der Waals surface area contributed by atoms with E-state index in [4.69, 9.17) is 10.00 Å². The van der Waals surface area contributed by atoms with Gasteiger partial charge in [-0.3, -0.25) is 9.59 Å². The molecule has 1 aliphatic heterocycles. The number of rotatable bonds is 3. The molecular weight excluding hydrogens is 270 g/mol. The first-order chi connectivity index (χ1) is 10.0. The lowest BCUT2D eigenvalue weighted by Crippen LogP contribution is -2.37. The molecule has 108 valence electrons. The molecule has 0 aromatic heterocycles. The highest BCUT2D eigenvalue weighted by Gasteiger charge is 2.31. The predicted octanol–water partition coefficient (Wildman–Crippen LogP) is 1.57. The van der Waals surface area contributed by atoms with Crippen LogP contribution in [0.3, 0.4) is 0 Å². The van der Waals surface area contributed by atoms with E-state index < -0.39 is 5.92 Å². The Morgan fingerprint density at radius 2 is 2.10 bits per heavy atom. The second-order valence-electron chi connectivity index (χ2n) is 4.67. The van der Waals surface area contributed by atoms with Gasteiger partial charge in [0.1, 0.15) is 5.75 Å². The average molecular weight is 285 g/mol. The third kappa shape index (κ3) is 3.20. The Bertz CT molecular complexity index is 641. The van der Waals surface area contributed by atoms with Gasteiger partial charge in [-0.15, -0.1) is 0 Å². The van der Waals surface area contributed by atoms with Crippen molar-refractivity contribution in [2.45, 2.75) is 13.3 Å². The van der Waals surface area contributed by atoms with Crippen LogP contribution >= 0.6 is 0 Å². The van der Waals surface area contributed by atoms with Gasteiger partial charge in [0.25, 0.3) is 0 Å². The quantitative estimate of drug-likeness (QED) is 0.881. The number of nitriles is 1. The van der Waals surface area contributed by atoms with Crippen LogP contribution in [0.5, 0.6) is 5.75 Å². The molecule has 1 aliphatic rings. The minimum Gasteiger partial charge on any atom is -0.497 e. The number of allylic oxidation sites excluding steroid dienone is 1. The van der Waals surface area contributed by atoms with Crippen LogP contribution < -0.4 is 15.4 Å². The van der Waals surface area contributed by atoms with E-state index in [2.05, 4.69) is 10.6 Å². The maximum Gasteiger partial charge on any atom is 0.233 e. The van der Waals surface area contributed by atoms with Gasteiger partial charge in [0.2, 0.25) is 11.8 Å². The van der Waals surface area contributed by atoms with Gasteiger partial charge in [-0.1, -0.05) is 0 Å². The molecule has 21 heavy (non-hydrogen) atoms. The monoisotopic (exact) mass is 285 g/mol. The number of carbonyl (C=O) groups is 2. The van der Waals surface area contributed by atoms with Gasteiger partial charge in [0.15, 0.2) is 0 Å². The van der Waals surface area contributed by atoms with E-state index in [1.807, 2.05) is 6.07 Å². The first-order valence-corrected chi connectivity index (χ1v) is 6.40. The Balaban J connectivity index is 2.17. The Labute approximate surface area is 122 Å². The van der Waals surface area contributed by atoms with E-state index in [0.717, 1.165) is 0 Å². The summed E-state index contributed by atoms with van der Waals surface area (Å²) in [6.45, 7) is 1.61. The zero-order valence-corrected chi connectivity index (χ0v) is 11.8. The molecule has 0 radical (unpaired) electrons. The summed E-state index contributed by atoms with van der Waals surface area (Å²) in [5, 5.41) is 14.4. The number of nitrogens with one attached hydrogen (secondary N) is 2. The summed E-state index contributed by atoms with van der Waals surface area (Å²) in [5.74, 6) is -0.711. The average Bonchev–Trinajstić information content (AvgIpc) is 2.47. The van der Waals surface area contributed by atoms with Crippen molar-refractivity contribution in [3.8, 4) is 11.8 Å². The molecule has 0 fully saturated rings. The zero-order valence-electron chi connectivity index (χ0n) is 11.8. The molecule has 1 aromatic rings. The topological polar surface area (TPSA) is 91.2 Å². The number of hydrogen-bond donors (Lipinski definition) is 2. The summed E-state index contributed by atoms with van der Waals surface area (Å²) in [5.41, 5.74) is 1.31. The highest BCUT2D eigenvalue weighted by Crippen LogP contribution is 2.24. The van der Waals surface area contributed by atoms with Crippen LogP contribution in [0.1, 0.15) is 13.3 Å². The van der Waals surface area contributed by atoms with Gasteiger partial charge >= 0.3 is 0 Å². The molecule has 0 unspecified atom stereocenters. The molecular formula is C15H15N3O3. The van der Waals surface area contributed by atoms with Gasteiger partial charge in [-0.25, -0.2) is 0 Å². The van der Waals surface area contributed by atoms with Gasteiger partial charge in [0, 0.05) is 17.8 Å². The van der Waals surface area contributed by atoms with Crippen molar-refractivity contribution >= 4 is 17.5 Å². The highest BCUT2D eigenvalue weighted by atomic mass is 16.5. The molecule has 0 aliphatic carbocycles. The van der Waals surface area contributed by atoms with Crippen molar-refractivity contribution in [1.82, 2.24) is 5.32 Å². The molecule has 1 aromatic carbocycles. The zero-order chi connectivity index (χ0) is 15.4. The van der Waals surface area contributed by atoms with Crippen LogP contribution in [0.4, 0.5) is 5.69 Å². The number of anilines is 1. The fraction of sp³-hybridized carbons (Fsp3) is 0.267. The molecule has 2 N–H and O–H groups in total. The number of benzene rings is 1. The van der Waals surface area contributed by atoms with Crippen LogP contribution in [0, 0.1) is 17.2 Å². The molecule has 6 heteroatoms. The second kappa shape index (κ2) is 6.09. The molecule has 6 nitrogen and oxygen atoms in total. The van der Waals surface area contributed by atoms with Crippen molar-refractivity contribution in [1.29, 1.82) is 5.26 Å². The molecule has 0 spiro atoms. The highest BCUT2D eigenvalue weighted by molar-refractivity contribution is 5.99. The molecule has 2 amide bonds. The summed E-state index contributed by atoms with van der Waals surface area (Å²) in [6, 6.07) is 8.82. The maximum absolute atomic E-state index is 12.3. The van der Waals surface area contributed by atoms with E-state index in [9.17, 15) is 9.59 Å². The molecule has 2 rings (SSSR count). The number of amides is 2. The Kier molecular flexibility index (Phi) is 4.24. The maximum atomic E-state index is 12.3. The first kappa shape index (κ1) is 14.6. The lowest BCUT2D eigenvalue weighted by molar-refractivity contribution is -0.126. The fourth-order valence-electron chi connectivity index (χ4n) is 2.17. The standard InChI is InChI=1S/C15H15N3O3/c1-9-13(8-16)12(7-14(19)17-9)15(20)18-10-3-5-11(21-2)6-4-10/h3-6,12H,7H2,1-2H3,(H,17,19)(H,18,20)/t12-/m0/s1. The molecule has 1 heterocycles. The van der Waals surface area contributed by atoms with Crippen LogP contribution in [-0.2, 0) is 9.59 Å². The predicted molar refractivity (Wildman–Crippen MR) is 76.2 cm³/mol. The van der Waals surface area contributed by atoms with E-state index in [1.54, 1.807) is 38.3 Å². The number of ether oxygens (including phenoxy) is 1. The third-order valence-corrected chi connectivity index (χ3v) is 3.26. The minimum absolute atomic E-state index is 0.0256. The van der Waals surface area contributed by atoms with Crippen molar-refractivity contribution in [3.63, 3.8) is 0 Å². The van der Waals surface area contributed by atoms with E-state index in [1.165, 1.54) is 0 Å². The fourth-order valence-corrected chi connectivity index (χ4v) is 2.17. The molecule has 0 saturated heterocycles. The van der Waals surface area contributed by atoms with Crippen LogP contribution in [-0.4, -0.2) is 18.9 Å². The van der Waals surface area contributed by atoms with E-state index in [0.29, 0.717) is 22.7 Å². The number of methoxy groups -OCH3 is 1. The smallest absolute Gasteiger partial charge is 0.233 e. The molecule has 1 atom stereocenters. The number of nitrogens with zero attached hydrogens (tertiary/aromatic N) is 1. The minimum atomic E-state index is -0.758. The van der Waals surface area contributed by atoms with Gasteiger partial charge in [-0.2, -0.15) is 5.26 Å². The van der Waals surface area contributed by atoms with E-state index >= 15 is 0 Å². The van der Waals surface area contributed by atoms with Gasteiger partial charge in [-0.05, 0) is 31.2 Å². The molecule has 0 bridgehead atoms. The van der Waals surface area contributed by atoms with Gasteiger partial charge in [0.05, 0.1) is 24.7 Å². The SMILES string of the molecule is COc1ccc(NC(=O)[C@H]2CC(=O)NC(C)=C2C#N)cc1. The van der Waals surface area contributed by atoms with E-state index in [-0.39, 0.29) is 18.2 Å². The summed E-state index contributed by atoms with van der Waals surface area (Å²) in [4.78, 5) is 23.8. The summed E-state index contributed by atoms with van der Waals surface area (Å²) >= 11 is 0. The van der Waals surface area contributed by atoms with Crippen LogP contribution in [0.2, 0.25) is 0 Å². The number of carbonyl (C=O) groups excluding carboxylic acids is 2. The second-order valence-corrected chi connectivity index (χ2v) is 4.67. The Morgan fingerprint density at radius 3 is 2.67 bits per heavy atom. The van der Waals surface area contributed by atoms with Crippen molar-refractivity contribution in [2.75, 3.05) is 12.4 Å². The first-order valence-electron chi connectivity index (χ1n) is 6.40. The lowest BCUT2D eigenvalue weighted by atomic mass is 9.90. The molecule has 0 saturated carbocycles. The van der Waals surface area contributed by atoms with Gasteiger partial charge < -0.3 is 15.4 Å². The summed E-state index contributed by atoms with van der Waals surface area (Å²) in [6.07, 6.45) is -0.0256. The number of hydrogen-bond acceptors (Lipinski definition) is 4. The Hall–Kier alpha value is -2.81. The largest absolute Gasteiger partial charge is 0.497 e. The van der Waals surface area contributed by atoms with Crippen LogP contribution in [0.15, 0.2) is 35.5 Å². The van der Waals surface area contributed by atoms with Crippen molar-refractivity contribution in [2.24, 2.45) is 5.92 Å². The normalized spacial score (nSPS) is 17.8. The summed E-state index contributed by atoms with van der Waals surface area (Å²) < 4.78 is 5.04. The van der Waals surface area contributed by atoms with Crippen molar-refractivity contribution in [3.05, 3.63) is 35.5 Å². The summed E-state index contributed by atoms with van der Waals surface area (Å²) in [7, 11) is 1.56. The Morgan fingerprint density at radius 1 is 1.43 bits per heavy atom. The van der Waals surface area contributed by atoms with Crippen molar-refractivity contribution < 1.29 is 14.3 Å². The lowest BCUT2D eigenvalue weighted by Gasteiger charge is -2.22. The van der Waals surface area contributed by atoms with Crippen LogP contribution in [0.25, 0.3) is 0 Å². The third-order valence-electron chi connectivity index (χ3n) is 3.26.